The maximum absolute atomic E-state index is 4.01. The van der Waals surface area contributed by atoms with Gasteiger partial charge in [-0.15, -0.1) is 11.3 Å². The summed E-state index contributed by atoms with van der Waals surface area (Å²) in [6, 6.07) is 0. The summed E-state index contributed by atoms with van der Waals surface area (Å²) in [5.74, 6) is 1.09. The van der Waals surface area contributed by atoms with E-state index in [1.54, 1.807) is 11.3 Å². The molecule has 1 aromatic rings. The summed E-state index contributed by atoms with van der Waals surface area (Å²) in [6.45, 7) is 1.03. The van der Waals surface area contributed by atoms with Gasteiger partial charge in [0.2, 0.25) is 0 Å². The van der Waals surface area contributed by atoms with E-state index in [-0.39, 0.29) is 0 Å². The zero-order chi connectivity index (χ0) is 4.69. The third-order valence-electron chi connectivity index (χ3n) is 1.06. The molecule has 36 valence electrons. The maximum atomic E-state index is 4.01. The molecule has 7 heavy (non-hydrogen) atoms. The standard InChI is InChI=1S/C4H4N2S/c1-3-4(5-1)6-2-7-3/h2,5H,1H2. The Hall–Kier alpha value is -0.570. The molecule has 0 spiro atoms. The van der Waals surface area contributed by atoms with Crippen molar-refractivity contribution in [3.8, 4) is 0 Å². The Bertz CT molecular complexity index is 163. The van der Waals surface area contributed by atoms with Gasteiger partial charge in [-0.1, -0.05) is 0 Å². The van der Waals surface area contributed by atoms with Crippen LogP contribution >= 0.6 is 11.3 Å². The van der Waals surface area contributed by atoms with E-state index in [4.69, 9.17) is 0 Å². The van der Waals surface area contributed by atoms with E-state index >= 15 is 0 Å². The van der Waals surface area contributed by atoms with Crippen molar-refractivity contribution < 1.29 is 0 Å². The number of nitrogens with zero attached hydrogens (tertiary/aromatic N) is 1. The first-order chi connectivity index (χ1) is 3.47. The largest absolute Gasteiger partial charge is 0.364 e. The van der Waals surface area contributed by atoms with E-state index < -0.39 is 0 Å². The van der Waals surface area contributed by atoms with Crippen molar-refractivity contribution in [2.75, 3.05) is 5.32 Å². The molecule has 0 saturated carbocycles. The third kappa shape index (κ3) is 0.307. The highest BCUT2D eigenvalue weighted by Crippen LogP contribution is 2.26. The Morgan fingerprint density at radius 1 is 1.86 bits per heavy atom. The third-order valence-corrected chi connectivity index (χ3v) is 1.89. The summed E-state index contributed by atoms with van der Waals surface area (Å²) in [5, 5.41) is 3.07. The molecule has 0 atom stereocenters. The average molecular weight is 112 g/mol. The highest BCUT2D eigenvalue weighted by molar-refractivity contribution is 7.10. The van der Waals surface area contributed by atoms with Crippen LogP contribution in [0.15, 0.2) is 5.51 Å². The highest BCUT2D eigenvalue weighted by atomic mass is 32.1. The minimum Gasteiger partial charge on any atom is -0.364 e. The Labute approximate surface area is 45.2 Å². The van der Waals surface area contributed by atoms with Gasteiger partial charge in [-0.25, -0.2) is 4.98 Å². The molecule has 0 aromatic carbocycles. The Morgan fingerprint density at radius 2 is 2.86 bits per heavy atom. The molecule has 0 bridgehead atoms. The van der Waals surface area contributed by atoms with Gasteiger partial charge in [0.1, 0.15) is 5.82 Å². The molecular weight excluding hydrogens is 108 g/mol. The molecule has 0 fully saturated rings. The molecule has 1 aliphatic rings. The maximum Gasteiger partial charge on any atom is 0.142 e. The summed E-state index contributed by atoms with van der Waals surface area (Å²) >= 11 is 1.72. The van der Waals surface area contributed by atoms with E-state index in [0.717, 1.165) is 12.4 Å². The fraction of sp³-hybridized carbons (Fsp3) is 0.250. The lowest BCUT2D eigenvalue weighted by Gasteiger charge is -2.11. The van der Waals surface area contributed by atoms with Crippen molar-refractivity contribution in [3.05, 3.63) is 10.4 Å². The van der Waals surface area contributed by atoms with Gasteiger partial charge in [0.25, 0.3) is 0 Å². The molecule has 2 rings (SSSR count). The first kappa shape index (κ1) is 3.43. The predicted octanol–water partition coefficient (Wildman–Crippen LogP) is 1.07. The van der Waals surface area contributed by atoms with Gasteiger partial charge in [-0.2, -0.15) is 0 Å². The van der Waals surface area contributed by atoms with Crippen LogP contribution in [-0.2, 0) is 6.54 Å². The van der Waals surface area contributed by atoms with Gasteiger partial charge in [0.05, 0.1) is 16.9 Å². The second-order valence-electron chi connectivity index (χ2n) is 1.48. The number of hydrogen-bond acceptors (Lipinski definition) is 3. The molecular formula is C4H4N2S. The van der Waals surface area contributed by atoms with E-state index in [9.17, 15) is 0 Å². The summed E-state index contributed by atoms with van der Waals surface area (Å²) in [7, 11) is 0. The van der Waals surface area contributed by atoms with Crippen LogP contribution in [0.3, 0.4) is 0 Å². The Kier molecular flexibility index (Phi) is 0.481. The van der Waals surface area contributed by atoms with Gasteiger partial charge in [-0.05, 0) is 0 Å². The first-order valence-corrected chi connectivity index (χ1v) is 3.01. The highest BCUT2D eigenvalue weighted by Gasteiger charge is 2.12. The van der Waals surface area contributed by atoms with Gasteiger partial charge >= 0.3 is 0 Å². The van der Waals surface area contributed by atoms with Gasteiger partial charge in [0.15, 0.2) is 0 Å². The number of fused-ring (bicyclic) bond motifs is 1. The number of thiazole rings is 1. The van der Waals surface area contributed by atoms with Crippen LogP contribution in [-0.4, -0.2) is 4.98 Å². The quantitative estimate of drug-likeness (QED) is 0.543. The molecule has 3 heteroatoms. The fourth-order valence-electron chi connectivity index (χ4n) is 0.597. The van der Waals surface area contributed by atoms with Crippen LogP contribution in [0.2, 0.25) is 0 Å². The van der Waals surface area contributed by atoms with Crippen LogP contribution in [0.5, 0.6) is 0 Å². The zero-order valence-corrected chi connectivity index (χ0v) is 4.46. The lowest BCUT2D eigenvalue weighted by molar-refractivity contribution is 1.05. The summed E-state index contributed by atoms with van der Waals surface area (Å²) in [4.78, 5) is 5.40. The topological polar surface area (TPSA) is 24.9 Å². The van der Waals surface area contributed by atoms with Gasteiger partial charge in [0, 0.05) is 0 Å². The number of nitrogens with one attached hydrogen (secondary N) is 1. The molecule has 0 amide bonds. The zero-order valence-electron chi connectivity index (χ0n) is 3.64. The number of hydrogen-bond donors (Lipinski definition) is 1. The van der Waals surface area contributed by atoms with Crippen molar-refractivity contribution in [1.29, 1.82) is 0 Å². The van der Waals surface area contributed by atoms with Crippen LogP contribution < -0.4 is 5.32 Å². The molecule has 1 N–H and O–H groups in total. The molecule has 0 radical (unpaired) electrons. The summed E-state index contributed by atoms with van der Waals surface area (Å²) in [6.07, 6.45) is 0. The van der Waals surface area contributed by atoms with E-state index in [1.165, 1.54) is 4.88 Å². The lowest BCUT2D eigenvalue weighted by Crippen LogP contribution is -2.10. The summed E-state index contributed by atoms with van der Waals surface area (Å²) < 4.78 is 0. The van der Waals surface area contributed by atoms with Crippen LogP contribution in [0, 0.1) is 0 Å². The molecule has 0 unspecified atom stereocenters. The minimum absolute atomic E-state index is 1.03. The van der Waals surface area contributed by atoms with Crippen LogP contribution in [0.1, 0.15) is 4.88 Å². The van der Waals surface area contributed by atoms with Crippen molar-refractivity contribution in [3.63, 3.8) is 0 Å². The van der Waals surface area contributed by atoms with Crippen LogP contribution in [0.4, 0.5) is 5.82 Å². The predicted molar refractivity (Wildman–Crippen MR) is 29.4 cm³/mol. The Morgan fingerprint density at radius 3 is 3.14 bits per heavy atom. The first-order valence-electron chi connectivity index (χ1n) is 2.13. The monoisotopic (exact) mass is 112 g/mol. The van der Waals surface area contributed by atoms with E-state index in [1.807, 2.05) is 5.51 Å². The lowest BCUT2D eigenvalue weighted by atomic mass is 10.4. The smallest absolute Gasteiger partial charge is 0.142 e. The fourth-order valence-corrected chi connectivity index (χ4v) is 1.27. The number of rotatable bonds is 0. The average Bonchev–Trinajstić information content (AvgIpc) is 1.85. The molecule has 1 aliphatic heterocycles. The molecule has 2 heterocycles. The minimum atomic E-state index is 1.03. The normalized spacial score (nSPS) is 14.3. The Balaban J connectivity index is 2.69. The van der Waals surface area contributed by atoms with Gasteiger partial charge in [-0.3, -0.25) is 0 Å². The number of anilines is 1. The van der Waals surface area contributed by atoms with E-state index in [2.05, 4.69) is 10.3 Å². The summed E-state index contributed by atoms with van der Waals surface area (Å²) in [5.41, 5.74) is 1.87. The van der Waals surface area contributed by atoms with Crippen molar-refractivity contribution in [2.24, 2.45) is 0 Å². The van der Waals surface area contributed by atoms with Gasteiger partial charge < -0.3 is 5.32 Å². The molecule has 0 saturated heterocycles. The second kappa shape index (κ2) is 0.980. The van der Waals surface area contributed by atoms with E-state index in [0.29, 0.717) is 0 Å². The molecule has 1 aromatic heterocycles. The van der Waals surface area contributed by atoms with Crippen molar-refractivity contribution in [2.45, 2.75) is 6.54 Å². The second-order valence-corrected chi connectivity index (χ2v) is 2.42. The van der Waals surface area contributed by atoms with Crippen LogP contribution in [0.25, 0.3) is 0 Å². The molecule has 2 nitrogen and oxygen atoms in total. The van der Waals surface area contributed by atoms with Crippen molar-refractivity contribution in [1.82, 2.24) is 4.98 Å². The molecule has 0 aliphatic carbocycles. The number of aromatic nitrogens is 1. The van der Waals surface area contributed by atoms with Crippen molar-refractivity contribution >= 4 is 17.2 Å². The SMILES string of the molecule is c1nc2c(s1)CN2.